The Kier molecular flexibility index (Phi) is 4.96. The summed E-state index contributed by atoms with van der Waals surface area (Å²) in [6.45, 7) is 2.18. The number of halogens is 2. The highest BCUT2D eigenvalue weighted by molar-refractivity contribution is 7.88. The predicted molar refractivity (Wildman–Crippen MR) is 86.4 cm³/mol. The van der Waals surface area contributed by atoms with Crippen LogP contribution in [-0.2, 0) is 15.8 Å². The maximum atomic E-state index is 13.7. The van der Waals surface area contributed by atoms with Gasteiger partial charge in [-0.3, -0.25) is 0 Å². The van der Waals surface area contributed by atoms with E-state index in [1.807, 2.05) is 0 Å². The third-order valence-electron chi connectivity index (χ3n) is 3.91. The number of aromatic nitrogens is 2. The lowest BCUT2D eigenvalue weighted by Gasteiger charge is -2.17. The van der Waals surface area contributed by atoms with E-state index in [0.717, 1.165) is 23.9 Å². The Hall–Kier alpha value is -2.13. The van der Waals surface area contributed by atoms with Crippen molar-refractivity contribution in [3.8, 4) is 5.88 Å². The normalized spacial score (nSPS) is 18.4. The van der Waals surface area contributed by atoms with Gasteiger partial charge in [0, 0.05) is 18.2 Å². The predicted octanol–water partition coefficient (Wildman–Crippen LogP) is 2.05. The summed E-state index contributed by atoms with van der Waals surface area (Å²) in [5, 5.41) is 7.77. The van der Waals surface area contributed by atoms with Crippen molar-refractivity contribution in [3.05, 3.63) is 53.2 Å². The minimum Gasteiger partial charge on any atom is -0.472 e. The minimum atomic E-state index is -3.77. The van der Waals surface area contributed by atoms with Crippen molar-refractivity contribution in [2.45, 2.75) is 25.2 Å². The first-order valence-corrected chi connectivity index (χ1v) is 9.33. The van der Waals surface area contributed by atoms with Crippen LogP contribution in [0.3, 0.4) is 0 Å². The molecule has 1 fully saturated rings. The van der Waals surface area contributed by atoms with Gasteiger partial charge in [0.2, 0.25) is 15.9 Å². The zero-order valence-electron chi connectivity index (χ0n) is 13.5. The molecule has 25 heavy (non-hydrogen) atoms. The van der Waals surface area contributed by atoms with Crippen LogP contribution >= 0.6 is 0 Å². The molecule has 0 saturated carbocycles. The molecule has 1 aliphatic heterocycles. The van der Waals surface area contributed by atoms with Crippen LogP contribution < -0.4 is 4.74 Å². The molecule has 134 valence electrons. The summed E-state index contributed by atoms with van der Waals surface area (Å²) in [6, 6.07) is 6.19. The van der Waals surface area contributed by atoms with Crippen LogP contribution in [0.15, 0.2) is 30.3 Å². The number of sulfonamides is 1. The van der Waals surface area contributed by atoms with Crippen LogP contribution in [-0.4, -0.2) is 42.1 Å². The van der Waals surface area contributed by atoms with Gasteiger partial charge in [0.1, 0.15) is 17.7 Å². The third-order valence-corrected chi connectivity index (χ3v) is 5.70. The monoisotopic (exact) mass is 369 g/mol. The third kappa shape index (κ3) is 4.29. The molecule has 1 aromatic carbocycles. The van der Waals surface area contributed by atoms with Gasteiger partial charge in [-0.05, 0) is 37.6 Å². The maximum Gasteiger partial charge on any atom is 0.233 e. The summed E-state index contributed by atoms with van der Waals surface area (Å²) in [5.74, 6) is -1.68. The number of ether oxygens (including phenoxy) is 1. The van der Waals surface area contributed by atoms with Crippen molar-refractivity contribution in [1.82, 2.24) is 14.5 Å². The summed E-state index contributed by atoms with van der Waals surface area (Å²) >= 11 is 0. The molecule has 0 amide bonds. The van der Waals surface area contributed by atoms with Gasteiger partial charge < -0.3 is 4.74 Å². The summed E-state index contributed by atoms with van der Waals surface area (Å²) in [6.07, 6.45) is 0.129. The molecular weight excluding hydrogens is 352 g/mol. The second kappa shape index (κ2) is 7.01. The fourth-order valence-corrected chi connectivity index (χ4v) is 4.18. The van der Waals surface area contributed by atoms with E-state index in [4.69, 9.17) is 4.74 Å². The van der Waals surface area contributed by atoms with E-state index in [0.29, 0.717) is 12.3 Å². The molecule has 1 saturated heterocycles. The van der Waals surface area contributed by atoms with Crippen molar-refractivity contribution in [2.24, 2.45) is 0 Å². The Morgan fingerprint density at radius 2 is 2.04 bits per heavy atom. The topological polar surface area (TPSA) is 72.4 Å². The van der Waals surface area contributed by atoms with E-state index >= 15 is 0 Å². The van der Waals surface area contributed by atoms with Crippen LogP contribution in [0.1, 0.15) is 17.7 Å². The molecule has 6 nitrogen and oxygen atoms in total. The quantitative estimate of drug-likeness (QED) is 0.807. The van der Waals surface area contributed by atoms with Crippen molar-refractivity contribution in [1.29, 1.82) is 0 Å². The zero-order valence-corrected chi connectivity index (χ0v) is 14.3. The van der Waals surface area contributed by atoms with Crippen molar-refractivity contribution in [3.63, 3.8) is 0 Å². The van der Waals surface area contributed by atoms with Gasteiger partial charge in [-0.15, -0.1) is 5.10 Å². The first-order chi connectivity index (χ1) is 11.8. The Morgan fingerprint density at radius 1 is 1.24 bits per heavy atom. The van der Waals surface area contributed by atoms with E-state index in [9.17, 15) is 17.2 Å². The van der Waals surface area contributed by atoms with E-state index in [1.54, 1.807) is 19.1 Å². The number of nitrogens with zero attached hydrogens (tertiary/aromatic N) is 3. The van der Waals surface area contributed by atoms with Gasteiger partial charge in [-0.25, -0.2) is 17.2 Å². The molecule has 1 aromatic heterocycles. The fraction of sp³-hybridized carbons (Fsp3) is 0.375. The lowest BCUT2D eigenvalue weighted by molar-refractivity contribution is 0.204. The smallest absolute Gasteiger partial charge is 0.233 e. The van der Waals surface area contributed by atoms with Gasteiger partial charge in [-0.1, -0.05) is 0 Å². The highest BCUT2D eigenvalue weighted by atomic mass is 32.2. The van der Waals surface area contributed by atoms with E-state index in [2.05, 4.69) is 10.2 Å². The molecule has 1 atom stereocenters. The zero-order chi connectivity index (χ0) is 18.0. The Balaban J connectivity index is 1.65. The van der Waals surface area contributed by atoms with Gasteiger partial charge in [-0.2, -0.15) is 9.40 Å². The standard InChI is InChI=1S/C16H17F2N3O3S/c1-11-2-5-16(20-19-11)24-14-6-7-21(9-14)25(22,23)10-12-8-13(17)3-4-15(12)18/h2-5,8,14H,6-7,9-10H2,1H3. The first-order valence-electron chi connectivity index (χ1n) is 7.72. The summed E-state index contributed by atoms with van der Waals surface area (Å²) in [4.78, 5) is 0. The van der Waals surface area contributed by atoms with Crippen LogP contribution in [0.25, 0.3) is 0 Å². The molecule has 0 radical (unpaired) electrons. The van der Waals surface area contributed by atoms with Gasteiger partial charge in [0.25, 0.3) is 0 Å². The molecule has 1 unspecified atom stereocenters. The number of hydrogen-bond acceptors (Lipinski definition) is 5. The van der Waals surface area contributed by atoms with Gasteiger partial charge in [0.05, 0.1) is 18.0 Å². The number of benzene rings is 1. The number of hydrogen-bond donors (Lipinski definition) is 0. The van der Waals surface area contributed by atoms with Crippen LogP contribution in [0, 0.1) is 18.6 Å². The molecule has 1 aliphatic rings. The molecule has 9 heteroatoms. The van der Waals surface area contributed by atoms with Crippen molar-refractivity contribution in [2.75, 3.05) is 13.1 Å². The second-order valence-electron chi connectivity index (χ2n) is 5.89. The molecule has 0 N–H and O–H groups in total. The molecular formula is C16H17F2N3O3S. The molecule has 0 aliphatic carbocycles. The first kappa shape index (κ1) is 17.7. The largest absolute Gasteiger partial charge is 0.472 e. The summed E-state index contributed by atoms with van der Waals surface area (Å²) < 4.78 is 58.7. The fourth-order valence-electron chi connectivity index (χ4n) is 2.61. The van der Waals surface area contributed by atoms with E-state index < -0.39 is 27.4 Å². The lowest BCUT2D eigenvalue weighted by Crippen LogP contribution is -2.32. The van der Waals surface area contributed by atoms with Crippen molar-refractivity contribution >= 4 is 10.0 Å². The molecule has 3 rings (SSSR count). The molecule has 0 bridgehead atoms. The molecule has 0 spiro atoms. The Morgan fingerprint density at radius 3 is 2.76 bits per heavy atom. The minimum absolute atomic E-state index is 0.134. The Labute approximate surface area is 144 Å². The second-order valence-corrected chi connectivity index (χ2v) is 7.86. The highest BCUT2D eigenvalue weighted by Gasteiger charge is 2.33. The highest BCUT2D eigenvalue weighted by Crippen LogP contribution is 2.22. The average Bonchev–Trinajstić information content (AvgIpc) is 3.02. The number of aryl methyl sites for hydroxylation is 1. The lowest BCUT2D eigenvalue weighted by atomic mass is 10.2. The SMILES string of the molecule is Cc1ccc(OC2CCN(S(=O)(=O)Cc3cc(F)ccc3F)C2)nn1. The van der Waals surface area contributed by atoms with E-state index in [-0.39, 0.29) is 24.8 Å². The van der Waals surface area contributed by atoms with Gasteiger partial charge >= 0.3 is 0 Å². The average molecular weight is 369 g/mol. The molecule has 2 heterocycles. The Bertz CT molecular complexity index is 859. The van der Waals surface area contributed by atoms with Crippen LogP contribution in [0.5, 0.6) is 5.88 Å². The number of rotatable bonds is 5. The van der Waals surface area contributed by atoms with Gasteiger partial charge in [0.15, 0.2) is 0 Å². The summed E-state index contributed by atoms with van der Waals surface area (Å²) in [5.41, 5.74) is 0.564. The van der Waals surface area contributed by atoms with E-state index in [1.165, 1.54) is 4.31 Å². The maximum absolute atomic E-state index is 13.7. The van der Waals surface area contributed by atoms with Crippen LogP contribution in [0.4, 0.5) is 8.78 Å². The molecule has 2 aromatic rings. The van der Waals surface area contributed by atoms with Crippen LogP contribution in [0.2, 0.25) is 0 Å². The van der Waals surface area contributed by atoms with Crippen molar-refractivity contribution < 1.29 is 21.9 Å². The summed E-state index contributed by atoms with van der Waals surface area (Å²) in [7, 11) is -3.77.